The Bertz CT molecular complexity index is 724. The molecular formula is C19H22N2OS. The zero-order valence-electron chi connectivity index (χ0n) is 13.8. The smallest absolute Gasteiger partial charge is 0.260 e. The van der Waals surface area contributed by atoms with Gasteiger partial charge in [0, 0.05) is 17.0 Å². The van der Waals surface area contributed by atoms with E-state index in [4.69, 9.17) is 4.98 Å². The number of aryl methyl sites for hydroxylation is 4. The highest BCUT2D eigenvalue weighted by atomic mass is 32.1. The maximum Gasteiger partial charge on any atom is 0.260 e. The number of rotatable bonds is 4. The average Bonchev–Trinajstić information content (AvgIpc) is 2.98. The number of aromatic nitrogens is 1. The van der Waals surface area contributed by atoms with Crippen LogP contribution in [0.5, 0.6) is 0 Å². The molecule has 0 atom stereocenters. The fraction of sp³-hybridized carbons (Fsp3) is 0.368. The molecule has 0 fully saturated rings. The predicted octanol–water partition coefficient (Wildman–Crippen LogP) is 4.47. The van der Waals surface area contributed by atoms with Crippen LogP contribution in [-0.2, 0) is 12.8 Å². The molecule has 1 amide bonds. The highest BCUT2D eigenvalue weighted by Gasteiger charge is 2.24. The van der Waals surface area contributed by atoms with Crippen LogP contribution in [-0.4, -0.2) is 17.4 Å². The molecule has 0 unspecified atom stereocenters. The van der Waals surface area contributed by atoms with E-state index in [-0.39, 0.29) is 5.91 Å². The molecule has 1 aromatic carbocycles. The van der Waals surface area contributed by atoms with E-state index in [0.717, 1.165) is 34.7 Å². The van der Waals surface area contributed by atoms with Crippen molar-refractivity contribution in [1.29, 1.82) is 0 Å². The molecule has 23 heavy (non-hydrogen) atoms. The van der Waals surface area contributed by atoms with Crippen LogP contribution in [0.1, 0.15) is 44.9 Å². The van der Waals surface area contributed by atoms with Crippen LogP contribution in [0.4, 0.5) is 5.13 Å². The van der Waals surface area contributed by atoms with Crippen molar-refractivity contribution in [2.75, 3.05) is 11.4 Å². The van der Waals surface area contributed by atoms with Gasteiger partial charge in [-0.3, -0.25) is 9.69 Å². The van der Waals surface area contributed by atoms with E-state index in [1.165, 1.54) is 23.4 Å². The van der Waals surface area contributed by atoms with E-state index in [0.29, 0.717) is 6.54 Å². The van der Waals surface area contributed by atoms with E-state index >= 15 is 0 Å². The summed E-state index contributed by atoms with van der Waals surface area (Å²) in [4.78, 5) is 20.9. The zero-order chi connectivity index (χ0) is 16.4. The molecule has 4 heteroatoms. The molecule has 0 N–H and O–H groups in total. The lowest BCUT2D eigenvalue weighted by molar-refractivity contribution is 0.0989. The number of fused-ring (bicyclic) bond motifs is 1. The minimum Gasteiger partial charge on any atom is -0.280 e. The van der Waals surface area contributed by atoms with E-state index in [9.17, 15) is 4.79 Å². The Hall–Kier alpha value is -1.94. The lowest BCUT2D eigenvalue weighted by Crippen LogP contribution is -2.31. The first-order valence-corrected chi connectivity index (χ1v) is 8.90. The molecule has 0 bridgehead atoms. The van der Waals surface area contributed by atoms with Crippen molar-refractivity contribution in [3.8, 4) is 0 Å². The summed E-state index contributed by atoms with van der Waals surface area (Å²) in [6, 6.07) is 5.99. The van der Waals surface area contributed by atoms with Crippen molar-refractivity contribution in [1.82, 2.24) is 4.98 Å². The predicted molar refractivity (Wildman–Crippen MR) is 96.5 cm³/mol. The van der Waals surface area contributed by atoms with E-state index in [2.05, 4.69) is 6.58 Å². The topological polar surface area (TPSA) is 33.2 Å². The molecule has 1 aliphatic carbocycles. The number of amides is 1. The molecule has 0 aliphatic heterocycles. The first kappa shape index (κ1) is 15.9. The molecule has 3 rings (SSSR count). The molecule has 1 aromatic heterocycles. The number of benzene rings is 1. The van der Waals surface area contributed by atoms with Crippen molar-refractivity contribution in [3.63, 3.8) is 0 Å². The molecule has 1 heterocycles. The van der Waals surface area contributed by atoms with Crippen molar-refractivity contribution < 1.29 is 4.79 Å². The Kier molecular flexibility index (Phi) is 4.62. The second-order valence-corrected chi connectivity index (χ2v) is 7.16. The Labute approximate surface area is 141 Å². The van der Waals surface area contributed by atoms with Crippen LogP contribution < -0.4 is 4.90 Å². The number of nitrogens with zero attached hydrogens (tertiary/aromatic N) is 2. The van der Waals surface area contributed by atoms with Crippen LogP contribution in [0.3, 0.4) is 0 Å². The molecule has 0 saturated carbocycles. The lowest BCUT2D eigenvalue weighted by atomic mass is 10.0. The van der Waals surface area contributed by atoms with Gasteiger partial charge in [0.05, 0.1) is 5.69 Å². The maximum absolute atomic E-state index is 13.1. The number of thiazole rings is 1. The maximum atomic E-state index is 13.1. The summed E-state index contributed by atoms with van der Waals surface area (Å²) in [6.07, 6.45) is 6.31. The summed E-state index contributed by atoms with van der Waals surface area (Å²) in [5.41, 5.74) is 4.02. The Balaban J connectivity index is 1.97. The monoisotopic (exact) mass is 326 g/mol. The summed E-state index contributed by atoms with van der Waals surface area (Å²) in [7, 11) is 0. The number of hydrogen-bond donors (Lipinski definition) is 0. The lowest BCUT2D eigenvalue weighted by Gasteiger charge is -2.19. The van der Waals surface area contributed by atoms with Gasteiger partial charge < -0.3 is 0 Å². The van der Waals surface area contributed by atoms with E-state index < -0.39 is 0 Å². The quantitative estimate of drug-likeness (QED) is 0.777. The Morgan fingerprint density at radius 3 is 2.87 bits per heavy atom. The standard InChI is InChI=1S/C19H22N2OS/c1-4-11-21(18(22)15-12-13(2)9-10-14(15)3)19-20-16-7-5-6-8-17(16)23-19/h4,9-10,12H,1,5-8,11H2,2-3H3. The van der Waals surface area contributed by atoms with Crippen molar-refractivity contribution in [2.45, 2.75) is 39.5 Å². The first-order chi connectivity index (χ1) is 11.1. The van der Waals surface area contributed by atoms with Gasteiger partial charge in [-0.2, -0.15) is 0 Å². The number of carbonyl (C=O) groups is 1. The van der Waals surface area contributed by atoms with Crippen molar-refractivity contribution in [3.05, 3.63) is 58.1 Å². The first-order valence-electron chi connectivity index (χ1n) is 8.08. The number of carbonyl (C=O) groups excluding carboxylic acids is 1. The summed E-state index contributed by atoms with van der Waals surface area (Å²) in [5, 5.41) is 0.808. The fourth-order valence-corrected chi connectivity index (χ4v) is 4.10. The summed E-state index contributed by atoms with van der Waals surface area (Å²) in [6.45, 7) is 8.28. The van der Waals surface area contributed by atoms with Gasteiger partial charge in [0.2, 0.25) is 0 Å². The van der Waals surface area contributed by atoms with Gasteiger partial charge >= 0.3 is 0 Å². The second kappa shape index (κ2) is 6.67. The molecular weight excluding hydrogens is 304 g/mol. The van der Waals surface area contributed by atoms with Crippen molar-refractivity contribution in [2.24, 2.45) is 0 Å². The SMILES string of the molecule is C=CCN(C(=O)c1cc(C)ccc1C)c1nc2c(s1)CCCC2. The van der Waals surface area contributed by atoms with Crippen LogP contribution in [0, 0.1) is 13.8 Å². The highest BCUT2D eigenvalue weighted by molar-refractivity contribution is 7.16. The van der Waals surface area contributed by atoms with Gasteiger partial charge in [-0.15, -0.1) is 17.9 Å². The minimum absolute atomic E-state index is 0.0113. The summed E-state index contributed by atoms with van der Waals surface area (Å²) >= 11 is 1.66. The average molecular weight is 326 g/mol. The number of anilines is 1. The molecule has 0 radical (unpaired) electrons. The Morgan fingerprint density at radius 1 is 1.35 bits per heavy atom. The zero-order valence-corrected chi connectivity index (χ0v) is 14.6. The Morgan fingerprint density at radius 2 is 2.13 bits per heavy atom. The van der Waals surface area contributed by atoms with Crippen molar-refractivity contribution >= 4 is 22.4 Å². The molecule has 120 valence electrons. The van der Waals surface area contributed by atoms with Gasteiger partial charge in [-0.1, -0.05) is 23.8 Å². The van der Waals surface area contributed by atoms with Crippen LogP contribution in [0.15, 0.2) is 30.9 Å². The van der Waals surface area contributed by atoms with E-state index in [1.807, 2.05) is 32.0 Å². The van der Waals surface area contributed by atoms with Gasteiger partial charge in [0.15, 0.2) is 5.13 Å². The molecule has 3 nitrogen and oxygen atoms in total. The highest BCUT2D eigenvalue weighted by Crippen LogP contribution is 2.32. The summed E-state index contributed by atoms with van der Waals surface area (Å²) in [5.74, 6) is 0.0113. The fourth-order valence-electron chi connectivity index (χ4n) is 2.94. The van der Waals surface area contributed by atoms with Gasteiger partial charge in [0.25, 0.3) is 5.91 Å². The molecule has 1 aliphatic rings. The third kappa shape index (κ3) is 3.22. The van der Waals surface area contributed by atoms with Crippen LogP contribution >= 0.6 is 11.3 Å². The van der Waals surface area contributed by atoms with E-state index in [1.54, 1.807) is 22.3 Å². The van der Waals surface area contributed by atoms with Gasteiger partial charge in [-0.05, 0) is 51.2 Å². The summed E-state index contributed by atoms with van der Waals surface area (Å²) < 4.78 is 0. The van der Waals surface area contributed by atoms with Gasteiger partial charge in [0.1, 0.15) is 0 Å². The van der Waals surface area contributed by atoms with Crippen LogP contribution in [0.2, 0.25) is 0 Å². The minimum atomic E-state index is 0.0113. The van der Waals surface area contributed by atoms with Crippen LogP contribution in [0.25, 0.3) is 0 Å². The van der Waals surface area contributed by atoms with Gasteiger partial charge in [-0.25, -0.2) is 4.98 Å². The largest absolute Gasteiger partial charge is 0.280 e. The normalized spacial score (nSPS) is 13.5. The molecule has 0 saturated heterocycles. The second-order valence-electron chi connectivity index (χ2n) is 6.10. The number of hydrogen-bond acceptors (Lipinski definition) is 3. The third-order valence-corrected chi connectivity index (χ3v) is 5.43. The molecule has 0 spiro atoms. The third-order valence-electron chi connectivity index (χ3n) is 4.25. The molecule has 2 aromatic rings.